The highest BCUT2D eigenvalue weighted by molar-refractivity contribution is 5.70. The van der Waals surface area contributed by atoms with Crippen molar-refractivity contribution in [3.63, 3.8) is 0 Å². The van der Waals surface area contributed by atoms with Crippen LogP contribution in [0.4, 0.5) is 0 Å². The summed E-state index contributed by atoms with van der Waals surface area (Å²) in [6, 6.07) is 0. The summed E-state index contributed by atoms with van der Waals surface area (Å²) in [6.07, 6.45) is 30.5. The number of esters is 2. The molecule has 2 N–H and O–H groups in total. The van der Waals surface area contributed by atoms with E-state index in [2.05, 4.69) is 21.9 Å². The van der Waals surface area contributed by atoms with E-state index in [1.807, 2.05) is 0 Å². The Bertz CT molecular complexity index is 1300. The summed E-state index contributed by atoms with van der Waals surface area (Å²) in [7, 11) is 0. The Morgan fingerprint density at radius 3 is 1.92 bits per heavy atom. The van der Waals surface area contributed by atoms with Gasteiger partial charge in [0.1, 0.15) is 25.5 Å². The fraction of sp³-hybridized carbons (Fsp3) is 0.829. The Hall–Kier alpha value is -2.83. The maximum atomic E-state index is 12.2. The number of aromatic amines is 1. The van der Waals surface area contributed by atoms with E-state index >= 15 is 0 Å². The van der Waals surface area contributed by atoms with E-state index in [1.54, 1.807) is 10.9 Å². The van der Waals surface area contributed by atoms with Crippen molar-refractivity contribution >= 4 is 23.1 Å². The van der Waals surface area contributed by atoms with Gasteiger partial charge in [-0.05, 0) is 32.1 Å². The first-order chi connectivity index (χ1) is 26.0. The number of aromatic nitrogens is 4. The van der Waals surface area contributed by atoms with Crippen molar-refractivity contribution in [1.29, 1.82) is 0 Å². The molecule has 12 heteroatoms. The van der Waals surface area contributed by atoms with Gasteiger partial charge in [-0.15, -0.1) is 0 Å². The highest BCUT2D eigenvalue weighted by atomic mass is 16.6. The lowest BCUT2D eigenvalue weighted by molar-refractivity contribution is -0.149. The minimum atomic E-state index is -0.789. The molecular formula is C41H70N4O8. The second-order valence-electron chi connectivity index (χ2n) is 14.9. The van der Waals surface area contributed by atoms with Gasteiger partial charge in [0.25, 0.3) is 5.56 Å². The quantitative estimate of drug-likeness (QED) is 0.0536. The first-order valence-electron chi connectivity index (χ1n) is 21.1. The van der Waals surface area contributed by atoms with Crippen LogP contribution in [-0.2, 0) is 28.5 Å². The minimum Gasteiger partial charge on any atom is -0.463 e. The summed E-state index contributed by atoms with van der Waals surface area (Å²) in [5, 5.41) is 10.1. The molecule has 1 aliphatic heterocycles. The number of fused-ring (bicyclic) bond motifs is 1. The van der Waals surface area contributed by atoms with Crippen molar-refractivity contribution in [2.75, 3.05) is 26.4 Å². The molecule has 1 aliphatic rings. The van der Waals surface area contributed by atoms with Gasteiger partial charge in [-0.1, -0.05) is 129 Å². The molecule has 0 bridgehead atoms. The molecule has 3 atom stereocenters. The van der Waals surface area contributed by atoms with Gasteiger partial charge in [0.2, 0.25) is 0 Å². The number of aliphatic hydroxyl groups excluding tert-OH is 1. The third-order valence-electron chi connectivity index (χ3n) is 10.1. The van der Waals surface area contributed by atoms with Crippen molar-refractivity contribution in [3.05, 3.63) is 23.0 Å². The zero-order valence-electron chi connectivity index (χ0n) is 32.7. The standard InChI is InChI=1S/C41H70N4O8/c1-2-3-4-5-6-7-8-9-10-11-12-13-14-17-20-23-28-50-29-34(46)30-51-37(47)24-21-18-15-16-19-22-25-38(48)52-31-35-26-27-36(53-35)45-33-44-39-40(45)42-32-43-41(39)49/h32-36,46H,2-31H2,1H3,(H,42,43,49)/t34?,35-,36+/m0/s1. The summed E-state index contributed by atoms with van der Waals surface area (Å²) in [5.41, 5.74) is 0.459. The molecule has 0 amide bonds. The third kappa shape index (κ3) is 19.9. The van der Waals surface area contributed by atoms with Gasteiger partial charge in [-0.2, -0.15) is 0 Å². The van der Waals surface area contributed by atoms with Crippen LogP contribution in [-0.4, -0.2) is 75.2 Å². The number of nitrogens with one attached hydrogen (secondary N) is 1. The zero-order valence-corrected chi connectivity index (χ0v) is 32.7. The fourth-order valence-corrected chi connectivity index (χ4v) is 6.87. The number of ether oxygens (including phenoxy) is 4. The van der Waals surface area contributed by atoms with Gasteiger partial charge in [0.15, 0.2) is 11.2 Å². The van der Waals surface area contributed by atoms with E-state index in [1.165, 1.54) is 96.2 Å². The lowest BCUT2D eigenvalue weighted by Crippen LogP contribution is -2.24. The van der Waals surface area contributed by atoms with Crippen LogP contribution >= 0.6 is 0 Å². The van der Waals surface area contributed by atoms with Crippen LogP contribution in [0.15, 0.2) is 17.4 Å². The first-order valence-corrected chi connectivity index (χ1v) is 21.1. The van der Waals surface area contributed by atoms with Crippen LogP contribution in [0, 0.1) is 0 Å². The largest absolute Gasteiger partial charge is 0.463 e. The van der Waals surface area contributed by atoms with E-state index in [9.17, 15) is 19.5 Å². The highest BCUT2D eigenvalue weighted by Gasteiger charge is 2.29. The number of H-pyrrole nitrogens is 1. The van der Waals surface area contributed by atoms with E-state index in [-0.39, 0.29) is 55.2 Å². The maximum Gasteiger partial charge on any atom is 0.305 e. The molecule has 2 aromatic rings. The number of imidazole rings is 1. The van der Waals surface area contributed by atoms with Gasteiger partial charge in [0, 0.05) is 19.4 Å². The Balaban J connectivity index is 1.02. The van der Waals surface area contributed by atoms with Crippen molar-refractivity contribution < 1.29 is 33.6 Å². The summed E-state index contributed by atoms with van der Waals surface area (Å²) in [6.45, 7) is 3.28. The lowest BCUT2D eigenvalue weighted by Gasteiger charge is -2.15. The second-order valence-corrected chi connectivity index (χ2v) is 14.9. The van der Waals surface area contributed by atoms with Crippen LogP contribution in [0.1, 0.15) is 180 Å². The minimum absolute atomic E-state index is 0.0249. The predicted molar refractivity (Wildman–Crippen MR) is 207 cm³/mol. The molecule has 3 rings (SSSR count). The SMILES string of the molecule is CCCCCCCCCCCCCCCCCCOCC(O)COC(=O)CCCCCCCCC(=O)OC[C@@H]1CC[C@H](n2cnc3c(=O)[nH]cnc32)O1. The average Bonchev–Trinajstić information content (AvgIpc) is 3.82. The Kier molecular flexibility index (Phi) is 24.0. The summed E-state index contributed by atoms with van der Waals surface area (Å²) in [5.74, 6) is -0.513. The van der Waals surface area contributed by atoms with Crippen LogP contribution in [0.3, 0.4) is 0 Å². The molecule has 0 spiro atoms. The number of hydrogen-bond acceptors (Lipinski definition) is 10. The number of rotatable bonds is 33. The normalized spacial score (nSPS) is 16.3. The molecule has 0 radical (unpaired) electrons. The molecule has 53 heavy (non-hydrogen) atoms. The van der Waals surface area contributed by atoms with Gasteiger partial charge in [-0.25, -0.2) is 9.97 Å². The molecule has 3 heterocycles. The molecule has 1 fully saturated rings. The van der Waals surface area contributed by atoms with Crippen molar-refractivity contribution in [3.8, 4) is 0 Å². The highest BCUT2D eigenvalue weighted by Crippen LogP contribution is 2.30. The van der Waals surface area contributed by atoms with Crippen molar-refractivity contribution in [1.82, 2.24) is 19.5 Å². The summed E-state index contributed by atoms with van der Waals surface area (Å²) in [4.78, 5) is 47.0. The molecule has 12 nitrogen and oxygen atoms in total. The number of unbranched alkanes of at least 4 members (excludes halogenated alkanes) is 20. The fourth-order valence-electron chi connectivity index (χ4n) is 6.87. The van der Waals surface area contributed by atoms with Crippen molar-refractivity contribution in [2.24, 2.45) is 0 Å². The molecule has 1 unspecified atom stereocenters. The smallest absolute Gasteiger partial charge is 0.305 e. The Morgan fingerprint density at radius 1 is 0.774 bits per heavy atom. The van der Waals surface area contributed by atoms with Crippen LogP contribution in [0.2, 0.25) is 0 Å². The van der Waals surface area contributed by atoms with E-state index < -0.39 is 6.10 Å². The lowest BCUT2D eigenvalue weighted by atomic mass is 10.0. The number of carbonyl (C=O) groups excluding carboxylic acids is 2. The summed E-state index contributed by atoms with van der Waals surface area (Å²) >= 11 is 0. The second kappa shape index (κ2) is 28.6. The van der Waals surface area contributed by atoms with E-state index in [4.69, 9.17) is 18.9 Å². The molecule has 0 aromatic carbocycles. The average molecular weight is 747 g/mol. The topological polar surface area (TPSA) is 155 Å². The van der Waals surface area contributed by atoms with Crippen LogP contribution < -0.4 is 5.56 Å². The van der Waals surface area contributed by atoms with E-state index in [0.717, 1.165) is 64.2 Å². The third-order valence-corrected chi connectivity index (χ3v) is 10.1. The molecule has 1 saturated heterocycles. The molecular weight excluding hydrogens is 676 g/mol. The monoisotopic (exact) mass is 747 g/mol. The Morgan fingerprint density at radius 2 is 1.32 bits per heavy atom. The van der Waals surface area contributed by atoms with Gasteiger partial charge in [0.05, 0.1) is 25.4 Å². The number of hydrogen-bond donors (Lipinski definition) is 2. The van der Waals surface area contributed by atoms with Crippen molar-refractivity contribution in [2.45, 2.75) is 192 Å². The molecule has 302 valence electrons. The first kappa shape index (κ1) is 44.6. The molecule has 0 aliphatic carbocycles. The van der Waals surface area contributed by atoms with Gasteiger partial charge < -0.3 is 29.0 Å². The van der Waals surface area contributed by atoms with Gasteiger partial charge >= 0.3 is 11.9 Å². The molecule has 0 saturated carbocycles. The van der Waals surface area contributed by atoms with Gasteiger partial charge in [-0.3, -0.25) is 19.0 Å². The summed E-state index contributed by atoms with van der Waals surface area (Å²) < 4.78 is 24.0. The van der Waals surface area contributed by atoms with Crippen LogP contribution in [0.5, 0.6) is 0 Å². The predicted octanol–water partition coefficient (Wildman–Crippen LogP) is 8.64. The Labute approximate surface area is 317 Å². The zero-order chi connectivity index (χ0) is 37.8. The number of nitrogens with zero attached hydrogens (tertiary/aromatic N) is 3. The van der Waals surface area contributed by atoms with Crippen LogP contribution in [0.25, 0.3) is 11.2 Å². The maximum absolute atomic E-state index is 12.2. The number of aliphatic hydroxyl groups is 1. The van der Waals surface area contributed by atoms with E-state index in [0.29, 0.717) is 25.1 Å². The molecule has 2 aromatic heterocycles. The number of carbonyl (C=O) groups is 2.